The summed E-state index contributed by atoms with van der Waals surface area (Å²) in [5, 5.41) is 0. The van der Waals surface area contributed by atoms with E-state index in [0.29, 0.717) is 5.92 Å². The highest BCUT2D eigenvalue weighted by atomic mass is 19.1. The second kappa shape index (κ2) is 4.77. The molecule has 0 aromatic heterocycles. The first-order valence-corrected chi connectivity index (χ1v) is 6.56. The summed E-state index contributed by atoms with van der Waals surface area (Å²) in [5.74, 6) is 0.446. The van der Waals surface area contributed by atoms with Gasteiger partial charge in [0.2, 0.25) is 0 Å². The second-order valence-corrected chi connectivity index (χ2v) is 5.76. The lowest BCUT2D eigenvalue weighted by Gasteiger charge is -2.47. The van der Waals surface area contributed by atoms with Crippen molar-refractivity contribution in [3.63, 3.8) is 0 Å². The first-order chi connectivity index (χ1) is 8.04. The topological polar surface area (TPSA) is 26.0 Å². The Morgan fingerprint density at radius 1 is 1.35 bits per heavy atom. The lowest BCUT2D eigenvalue weighted by molar-refractivity contribution is 0.178. The minimum Gasteiger partial charge on any atom is -0.327 e. The Kier molecular flexibility index (Phi) is 3.53. The lowest BCUT2D eigenvalue weighted by Crippen LogP contribution is -2.51. The van der Waals surface area contributed by atoms with Crippen LogP contribution in [0.15, 0.2) is 24.3 Å². The van der Waals surface area contributed by atoms with E-state index in [0.717, 1.165) is 24.8 Å². The van der Waals surface area contributed by atoms with E-state index in [1.54, 1.807) is 12.1 Å². The van der Waals surface area contributed by atoms with Gasteiger partial charge in [-0.25, -0.2) is 4.39 Å². The predicted octanol–water partition coefficient (Wildman–Crippen LogP) is 3.62. The van der Waals surface area contributed by atoms with E-state index in [1.165, 1.54) is 12.5 Å². The lowest BCUT2D eigenvalue weighted by atomic mass is 9.59. The highest BCUT2D eigenvalue weighted by Gasteiger charge is 2.43. The summed E-state index contributed by atoms with van der Waals surface area (Å²) in [6.45, 7) is 4.38. The molecule has 1 unspecified atom stereocenters. The SMILES string of the molecule is CC(C)CC(N)C1(c2cccc(F)c2)CCC1. The molecule has 1 aromatic rings. The second-order valence-electron chi connectivity index (χ2n) is 5.76. The first kappa shape index (κ1) is 12.6. The highest BCUT2D eigenvalue weighted by Crippen LogP contribution is 2.47. The van der Waals surface area contributed by atoms with Crippen LogP contribution in [0, 0.1) is 11.7 Å². The molecule has 0 heterocycles. The zero-order valence-corrected chi connectivity index (χ0v) is 10.7. The summed E-state index contributed by atoms with van der Waals surface area (Å²) in [7, 11) is 0. The van der Waals surface area contributed by atoms with E-state index >= 15 is 0 Å². The molecular formula is C15H22FN. The van der Waals surface area contributed by atoms with Crippen LogP contribution < -0.4 is 5.73 Å². The fraction of sp³-hybridized carbons (Fsp3) is 0.600. The summed E-state index contributed by atoms with van der Waals surface area (Å²) < 4.78 is 13.3. The molecule has 1 fully saturated rings. The van der Waals surface area contributed by atoms with Crippen molar-refractivity contribution in [2.45, 2.75) is 51.0 Å². The molecule has 0 radical (unpaired) electrons. The van der Waals surface area contributed by atoms with Crippen molar-refractivity contribution in [2.24, 2.45) is 11.7 Å². The monoisotopic (exact) mass is 235 g/mol. The van der Waals surface area contributed by atoms with Gasteiger partial charge in [0.1, 0.15) is 5.82 Å². The molecule has 1 aliphatic carbocycles. The van der Waals surface area contributed by atoms with E-state index in [2.05, 4.69) is 13.8 Å². The fourth-order valence-corrected chi connectivity index (χ4v) is 2.96. The van der Waals surface area contributed by atoms with Gasteiger partial charge in [-0.05, 0) is 42.9 Å². The Bertz CT molecular complexity index is 382. The first-order valence-electron chi connectivity index (χ1n) is 6.56. The Labute approximate surface area is 103 Å². The van der Waals surface area contributed by atoms with Crippen molar-refractivity contribution in [1.82, 2.24) is 0 Å². The van der Waals surface area contributed by atoms with Crippen LogP contribution in [0.1, 0.15) is 45.1 Å². The van der Waals surface area contributed by atoms with Crippen LogP contribution in [-0.2, 0) is 5.41 Å². The van der Waals surface area contributed by atoms with Crippen molar-refractivity contribution < 1.29 is 4.39 Å². The molecule has 1 nitrogen and oxygen atoms in total. The van der Waals surface area contributed by atoms with Crippen LogP contribution in [0.4, 0.5) is 4.39 Å². The van der Waals surface area contributed by atoms with Gasteiger partial charge in [-0.3, -0.25) is 0 Å². The molecule has 0 bridgehead atoms. The predicted molar refractivity (Wildman–Crippen MR) is 69.4 cm³/mol. The van der Waals surface area contributed by atoms with Crippen LogP contribution >= 0.6 is 0 Å². The molecule has 1 saturated carbocycles. The number of halogens is 1. The third-order valence-electron chi connectivity index (χ3n) is 4.08. The van der Waals surface area contributed by atoms with Gasteiger partial charge >= 0.3 is 0 Å². The van der Waals surface area contributed by atoms with Crippen molar-refractivity contribution in [3.8, 4) is 0 Å². The standard InChI is InChI=1S/C15H22FN/c1-11(2)9-14(17)15(7-4-8-15)12-5-3-6-13(16)10-12/h3,5-6,10-11,14H,4,7-9,17H2,1-2H3. The summed E-state index contributed by atoms with van der Waals surface area (Å²) in [5.41, 5.74) is 7.50. The maximum absolute atomic E-state index is 13.3. The van der Waals surface area contributed by atoms with Crippen molar-refractivity contribution in [1.29, 1.82) is 0 Å². The molecule has 0 saturated heterocycles. The van der Waals surface area contributed by atoms with Gasteiger partial charge in [0.15, 0.2) is 0 Å². The van der Waals surface area contributed by atoms with Gasteiger partial charge in [0.05, 0.1) is 0 Å². The average molecular weight is 235 g/mol. The molecule has 1 atom stereocenters. The number of hydrogen-bond acceptors (Lipinski definition) is 1. The maximum Gasteiger partial charge on any atom is 0.123 e. The summed E-state index contributed by atoms with van der Waals surface area (Å²) in [4.78, 5) is 0. The van der Waals surface area contributed by atoms with Crippen molar-refractivity contribution in [2.75, 3.05) is 0 Å². The molecular weight excluding hydrogens is 213 g/mol. The minimum atomic E-state index is -0.148. The number of hydrogen-bond donors (Lipinski definition) is 1. The van der Waals surface area contributed by atoms with Crippen molar-refractivity contribution in [3.05, 3.63) is 35.6 Å². The number of benzene rings is 1. The quantitative estimate of drug-likeness (QED) is 0.847. The molecule has 0 spiro atoms. The maximum atomic E-state index is 13.3. The zero-order valence-electron chi connectivity index (χ0n) is 10.7. The van der Waals surface area contributed by atoms with Crippen LogP contribution in [0.5, 0.6) is 0 Å². The van der Waals surface area contributed by atoms with E-state index in [1.807, 2.05) is 6.07 Å². The normalized spacial score (nSPS) is 20.1. The smallest absolute Gasteiger partial charge is 0.123 e. The largest absolute Gasteiger partial charge is 0.327 e. The summed E-state index contributed by atoms with van der Waals surface area (Å²) in [6, 6.07) is 7.15. The zero-order chi connectivity index (χ0) is 12.5. The Morgan fingerprint density at radius 3 is 2.53 bits per heavy atom. The third kappa shape index (κ3) is 2.37. The molecule has 2 heteroatoms. The van der Waals surface area contributed by atoms with Gasteiger partial charge in [-0.15, -0.1) is 0 Å². The molecule has 1 aromatic carbocycles. The van der Waals surface area contributed by atoms with E-state index in [4.69, 9.17) is 5.73 Å². The van der Waals surface area contributed by atoms with Crippen LogP contribution in [-0.4, -0.2) is 6.04 Å². The van der Waals surface area contributed by atoms with E-state index in [-0.39, 0.29) is 17.3 Å². The Hall–Kier alpha value is -0.890. The third-order valence-corrected chi connectivity index (χ3v) is 4.08. The summed E-state index contributed by atoms with van der Waals surface area (Å²) in [6.07, 6.45) is 4.42. The van der Waals surface area contributed by atoms with Gasteiger partial charge < -0.3 is 5.73 Å². The van der Waals surface area contributed by atoms with Crippen LogP contribution in [0.2, 0.25) is 0 Å². The van der Waals surface area contributed by atoms with Crippen LogP contribution in [0.25, 0.3) is 0 Å². The van der Waals surface area contributed by atoms with Crippen LogP contribution in [0.3, 0.4) is 0 Å². The Balaban J connectivity index is 2.25. The van der Waals surface area contributed by atoms with Gasteiger partial charge in [-0.1, -0.05) is 32.4 Å². The molecule has 1 aliphatic rings. The number of rotatable bonds is 4. The molecule has 0 amide bonds. The van der Waals surface area contributed by atoms with Gasteiger partial charge in [0, 0.05) is 11.5 Å². The molecule has 0 aliphatic heterocycles. The van der Waals surface area contributed by atoms with E-state index < -0.39 is 0 Å². The summed E-state index contributed by atoms with van der Waals surface area (Å²) >= 11 is 0. The number of nitrogens with two attached hydrogens (primary N) is 1. The van der Waals surface area contributed by atoms with Gasteiger partial charge in [-0.2, -0.15) is 0 Å². The highest BCUT2D eigenvalue weighted by molar-refractivity contribution is 5.31. The van der Waals surface area contributed by atoms with Gasteiger partial charge in [0.25, 0.3) is 0 Å². The average Bonchev–Trinajstić information content (AvgIpc) is 2.14. The Morgan fingerprint density at radius 2 is 2.06 bits per heavy atom. The molecule has 2 N–H and O–H groups in total. The minimum absolute atomic E-state index is 0.0341. The molecule has 94 valence electrons. The molecule has 17 heavy (non-hydrogen) atoms. The molecule has 2 rings (SSSR count). The van der Waals surface area contributed by atoms with E-state index in [9.17, 15) is 4.39 Å². The fourth-order valence-electron chi connectivity index (χ4n) is 2.96. The van der Waals surface area contributed by atoms with Crippen molar-refractivity contribution >= 4 is 0 Å².